The van der Waals surface area contributed by atoms with E-state index in [2.05, 4.69) is 5.32 Å². The Morgan fingerprint density at radius 3 is 2.78 bits per heavy atom. The first-order valence-electron chi connectivity index (χ1n) is 6.52. The zero-order chi connectivity index (χ0) is 12.4. The Hall–Kier alpha value is -1.55. The largest absolute Gasteiger partial charge is 0.490 e. The predicted molar refractivity (Wildman–Crippen MR) is 67.4 cm³/mol. The molecule has 0 bridgehead atoms. The number of carbonyl (C=O) groups is 1. The van der Waals surface area contributed by atoms with Crippen LogP contribution in [0.5, 0.6) is 11.5 Å². The van der Waals surface area contributed by atoms with Crippen LogP contribution in [-0.4, -0.2) is 31.6 Å². The number of rotatable bonds is 2. The molecule has 18 heavy (non-hydrogen) atoms. The molecule has 1 fully saturated rings. The van der Waals surface area contributed by atoms with E-state index in [1.54, 1.807) is 0 Å². The fourth-order valence-corrected chi connectivity index (χ4v) is 2.43. The van der Waals surface area contributed by atoms with Crippen molar-refractivity contribution in [3.8, 4) is 11.5 Å². The van der Waals surface area contributed by atoms with Gasteiger partial charge in [0.25, 0.3) is 0 Å². The molecule has 1 saturated heterocycles. The number of hydrogen-bond donors (Lipinski definition) is 1. The highest BCUT2D eigenvalue weighted by Crippen LogP contribution is 2.31. The minimum atomic E-state index is -0.0326. The van der Waals surface area contributed by atoms with Crippen molar-refractivity contribution in [2.75, 3.05) is 19.8 Å². The third kappa shape index (κ3) is 2.20. The van der Waals surface area contributed by atoms with E-state index in [1.165, 1.54) is 0 Å². The van der Waals surface area contributed by atoms with E-state index >= 15 is 0 Å². The Labute approximate surface area is 106 Å². The van der Waals surface area contributed by atoms with Gasteiger partial charge in [-0.1, -0.05) is 0 Å². The number of ketones is 1. The van der Waals surface area contributed by atoms with Crippen molar-refractivity contribution in [2.24, 2.45) is 0 Å². The molecular formula is C14H17NO3. The molecule has 4 nitrogen and oxygen atoms in total. The SMILES string of the molecule is O=C(c1ccc2c(c1)OCCCO2)C1CCCN1. The molecule has 1 N–H and O–H groups in total. The summed E-state index contributed by atoms with van der Waals surface area (Å²) in [5, 5.41) is 3.23. The first kappa shape index (κ1) is 11.5. The van der Waals surface area contributed by atoms with Crippen LogP contribution in [0.4, 0.5) is 0 Å². The summed E-state index contributed by atoms with van der Waals surface area (Å²) < 4.78 is 11.2. The summed E-state index contributed by atoms with van der Waals surface area (Å²) in [6, 6.07) is 5.44. The van der Waals surface area contributed by atoms with Crippen LogP contribution in [0.1, 0.15) is 29.6 Å². The number of ether oxygens (including phenoxy) is 2. The maximum Gasteiger partial charge on any atom is 0.179 e. The molecule has 1 aromatic rings. The number of hydrogen-bond acceptors (Lipinski definition) is 4. The lowest BCUT2D eigenvalue weighted by molar-refractivity contribution is 0.0952. The average molecular weight is 247 g/mol. The van der Waals surface area contributed by atoms with Crippen LogP contribution in [0.3, 0.4) is 0 Å². The van der Waals surface area contributed by atoms with Crippen molar-refractivity contribution in [1.29, 1.82) is 0 Å². The average Bonchev–Trinajstić information content (AvgIpc) is 2.83. The summed E-state index contributed by atoms with van der Waals surface area (Å²) >= 11 is 0. The highest BCUT2D eigenvalue weighted by Gasteiger charge is 2.24. The van der Waals surface area contributed by atoms with Gasteiger partial charge in [-0.25, -0.2) is 0 Å². The molecule has 0 aromatic heterocycles. The number of Topliss-reactive ketones (excluding diaryl/α,β-unsaturated/α-hetero) is 1. The van der Waals surface area contributed by atoms with Crippen molar-refractivity contribution in [1.82, 2.24) is 5.32 Å². The first-order chi connectivity index (χ1) is 8.84. The maximum atomic E-state index is 12.3. The van der Waals surface area contributed by atoms with Gasteiger partial charge in [-0.15, -0.1) is 0 Å². The topological polar surface area (TPSA) is 47.6 Å². The Balaban J connectivity index is 1.84. The zero-order valence-corrected chi connectivity index (χ0v) is 10.3. The Morgan fingerprint density at radius 2 is 2.00 bits per heavy atom. The third-order valence-electron chi connectivity index (χ3n) is 3.41. The quantitative estimate of drug-likeness (QED) is 0.809. The Bertz CT molecular complexity index is 452. The van der Waals surface area contributed by atoms with Crippen LogP contribution in [0, 0.1) is 0 Å². The summed E-state index contributed by atoms with van der Waals surface area (Å²) in [7, 11) is 0. The summed E-state index contributed by atoms with van der Waals surface area (Å²) in [6.45, 7) is 2.25. The van der Waals surface area contributed by atoms with Gasteiger partial charge in [0.05, 0.1) is 19.3 Å². The van der Waals surface area contributed by atoms with E-state index in [0.29, 0.717) is 24.5 Å². The minimum absolute atomic E-state index is 0.0326. The van der Waals surface area contributed by atoms with E-state index < -0.39 is 0 Å². The van der Waals surface area contributed by atoms with E-state index in [9.17, 15) is 4.79 Å². The molecule has 0 aliphatic carbocycles. The third-order valence-corrected chi connectivity index (χ3v) is 3.41. The first-order valence-corrected chi connectivity index (χ1v) is 6.52. The summed E-state index contributed by atoms with van der Waals surface area (Å²) in [4.78, 5) is 12.3. The highest BCUT2D eigenvalue weighted by atomic mass is 16.5. The normalized spacial score (nSPS) is 22.6. The predicted octanol–water partition coefficient (Wildman–Crippen LogP) is 1.78. The van der Waals surface area contributed by atoms with Gasteiger partial charge in [-0.2, -0.15) is 0 Å². The van der Waals surface area contributed by atoms with Gasteiger partial charge in [0.1, 0.15) is 0 Å². The van der Waals surface area contributed by atoms with Crippen LogP contribution >= 0.6 is 0 Å². The van der Waals surface area contributed by atoms with Gasteiger partial charge in [0.2, 0.25) is 0 Å². The van der Waals surface area contributed by atoms with Crippen LogP contribution < -0.4 is 14.8 Å². The van der Waals surface area contributed by atoms with E-state index in [4.69, 9.17) is 9.47 Å². The summed E-state index contributed by atoms with van der Waals surface area (Å²) in [6.07, 6.45) is 2.87. The Kier molecular flexibility index (Phi) is 3.19. The van der Waals surface area contributed by atoms with Crippen molar-refractivity contribution in [3.05, 3.63) is 23.8 Å². The van der Waals surface area contributed by atoms with E-state index in [-0.39, 0.29) is 11.8 Å². The molecule has 0 saturated carbocycles. The van der Waals surface area contributed by atoms with Gasteiger partial charge in [-0.3, -0.25) is 4.79 Å². The van der Waals surface area contributed by atoms with E-state index in [0.717, 1.165) is 31.6 Å². The number of fused-ring (bicyclic) bond motifs is 1. The van der Waals surface area contributed by atoms with Crippen molar-refractivity contribution in [2.45, 2.75) is 25.3 Å². The molecule has 1 aromatic carbocycles. The van der Waals surface area contributed by atoms with Crippen molar-refractivity contribution < 1.29 is 14.3 Å². The Morgan fingerprint density at radius 1 is 1.17 bits per heavy atom. The van der Waals surface area contributed by atoms with Crippen molar-refractivity contribution in [3.63, 3.8) is 0 Å². The van der Waals surface area contributed by atoms with Gasteiger partial charge in [-0.05, 0) is 37.6 Å². The molecule has 2 aliphatic rings. The molecule has 96 valence electrons. The molecule has 2 aliphatic heterocycles. The van der Waals surface area contributed by atoms with Gasteiger partial charge in [0, 0.05) is 12.0 Å². The fraction of sp³-hybridized carbons (Fsp3) is 0.500. The second kappa shape index (κ2) is 4.98. The highest BCUT2D eigenvalue weighted by molar-refractivity contribution is 6.00. The molecule has 2 heterocycles. The van der Waals surface area contributed by atoms with Crippen LogP contribution in [-0.2, 0) is 0 Å². The lowest BCUT2D eigenvalue weighted by Gasteiger charge is -2.12. The van der Waals surface area contributed by atoms with E-state index in [1.807, 2.05) is 18.2 Å². The second-order valence-electron chi connectivity index (χ2n) is 4.73. The van der Waals surface area contributed by atoms with Crippen LogP contribution in [0.15, 0.2) is 18.2 Å². The maximum absolute atomic E-state index is 12.3. The fourth-order valence-electron chi connectivity index (χ4n) is 2.43. The van der Waals surface area contributed by atoms with Crippen LogP contribution in [0.2, 0.25) is 0 Å². The van der Waals surface area contributed by atoms with Gasteiger partial charge in [0.15, 0.2) is 17.3 Å². The summed E-state index contributed by atoms with van der Waals surface area (Å²) in [5.41, 5.74) is 0.707. The zero-order valence-electron chi connectivity index (χ0n) is 10.3. The summed E-state index contributed by atoms with van der Waals surface area (Å²) in [5.74, 6) is 1.59. The molecule has 3 rings (SSSR count). The monoisotopic (exact) mass is 247 g/mol. The minimum Gasteiger partial charge on any atom is -0.490 e. The molecule has 1 unspecified atom stereocenters. The lowest BCUT2D eigenvalue weighted by Crippen LogP contribution is -2.30. The molecule has 0 spiro atoms. The molecular weight excluding hydrogens is 230 g/mol. The molecule has 1 atom stereocenters. The van der Waals surface area contributed by atoms with Crippen LogP contribution in [0.25, 0.3) is 0 Å². The lowest BCUT2D eigenvalue weighted by atomic mass is 10.0. The molecule has 4 heteroatoms. The number of benzene rings is 1. The standard InChI is InChI=1S/C14H17NO3/c16-14(11-3-1-6-15-11)10-4-5-12-13(9-10)18-8-2-7-17-12/h4-5,9,11,15H,1-3,6-8H2. The smallest absolute Gasteiger partial charge is 0.179 e. The number of carbonyl (C=O) groups excluding carboxylic acids is 1. The van der Waals surface area contributed by atoms with Crippen molar-refractivity contribution >= 4 is 5.78 Å². The van der Waals surface area contributed by atoms with Gasteiger partial charge < -0.3 is 14.8 Å². The molecule has 0 radical (unpaired) electrons. The second-order valence-corrected chi connectivity index (χ2v) is 4.73. The molecule has 0 amide bonds. The number of nitrogens with one attached hydrogen (secondary N) is 1. The van der Waals surface area contributed by atoms with Gasteiger partial charge >= 0.3 is 0 Å².